The van der Waals surface area contributed by atoms with Crippen molar-refractivity contribution in [3.63, 3.8) is 0 Å². The van der Waals surface area contributed by atoms with Crippen LogP contribution in [0.5, 0.6) is 0 Å². The second-order valence-electron chi connectivity index (χ2n) is 6.42. The smallest absolute Gasteiger partial charge is 0.191 e. The van der Waals surface area contributed by atoms with Crippen LogP contribution in [0, 0.1) is 6.92 Å². The largest absolute Gasteiger partial charge is 0.331 e. The second-order valence-corrected chi connectivity index (χ2v) is 6.83. The molecule has 27 heavy (non-hydrogen) atoms. The van der Waals surface area contributed by atoms with Crippen molar-refractivity contribution >= 4 is 50.8 Å². The highest BCUT2D eigenvalue weighted by atomic mass is 32.1. The fourth-order valence-corrected chi connectivity index (χ4v) is 3.31. The summed E-state index contributed by atoms with van der Waals surface area (Å²) >= 11 is 5.34. The van der Waals surface area contributed by atoms with Crippen LogP contribution in [0.4, 0.5) is 5.69 Å². The number of nitrogens with zero attached hydrogens (tertiary/aromatic N) is 1. The fourth-order valence-electron chi connectivity index (χ4n) is 3.14. The number of rotatable bonds is 3. The minimum absolute atomic E-state index is 0.458. The Labute approximate surface area is 163 Å². The zero-order chi connectivity index (χ0) is 18.6. The van der Waals surface area contributed by atoms with Crippen molar-refractivity contribution in [3.05, 3.63) is 90.0 Å². The van der Waals surface area contributed by atoms with Gasteiger partial charge in [0, 0.05) is 11.3 Å². The molecule has 3 nitrogen and oxygen atoms in total. The Hall–Kier alpha value is -3.24. The van der Waals surface area contributed by atoms with E-state index < -0.39 is 0 Å². The van der Waals surface area contributed by atoms with E-state index in [2.05, 4.69) is 65.2 Å². The van der Waals surface area contributed by atoms with Crippen LogP contribution in [-0.4, -0.2) is 11.3 Å². The summed E-state index contributed by atoms with van der Waals surface area (Å²) in [4.78, 5) is 0. The molecule has 0 saturated heterocycles. The van der Waals surface area contributed by atoms with Gasteiger partial charge in [-0.15, -0.1) is 0 Å². The van der Waals surface area contributed by atoms with Crippen molar-refractivity contribution in [2.75, 3.05) is 5.32 Å². The van der Waals surface area contributed by atoms with Gasteiger partial charge in [-0.3, -0.25) is 5.43 Å². The third-order valence-corrected chi connectivity index (χ3v) is 4.68. The molecule has 2 N–H and O–H groups in total. The van der Waals surface area contributed by atoms with E-state index in [0.717, 1.165) is 11.3 Å². The first-order valence-electron chi connectivity index (χ1n) is 8.78. The average molecular weight is 369 g/mol. The summed E-state index contributed by atoms with van der Waals surface area (Å²) in [6.45, 7) is 2.05. The monoisotopic (exact) mass is 369 g/mol. The molecule has 4 heteroatoms. The number of hydrogen-bond acceptors (Lipinski definition) is 2. The summed E-state index contributed by atoms with van der Waals surface area (Å²) in [7, 11) is 0. The topological polar surface area (TPSA) is 36.4 Å². The summed E-state index contributed by atoms with van der Waals surface area (Å²) in [5.41, 5.74) is 6.13. The predicted molar refractivity (Wildman–Crippen MR) is 120 cm³/mol. The summed E-state index contributed by atoms with van der Waals surface area (Å²) in [5.74, 6) is 0. The SMILES string of the molecule is Cc1ccc(NC(=S)NN=Cc2c3ccccc3cc3ccccc23)cc1. The van der Waals surface area contributed by atoms with Crippen LogP contribution in [0.15, 0.2) is 84.0 Å². The van der Waals surface area contributed by atoms with Gasteiger partial charge >= 0.3 is 0 Å². The zero-order valence-corrected chi connectivity index (χ0v) is 15.8. The number of fused-ring (bicyclic) bond motifs is 2. The lowest BCUT2D eigenvalue weighted by Gasteiger charge is -2.09. The minimum atomic E-state index is 0.458. The second kappa shape index (κ2) is 7.56. The van der Waals surface area contributed by atoms with E-state index in [4.69, 9.17) is 12.2 Å². The maximum absolute atomic E-state index is 5.34. The van der Waals surface area contributed by atoms with Crippen LogP contribution < -0.4 is 10.7 Å². The first kappa shape index (κ1) is 17.2. The molecule has 0 atom stereocenters. The van der Waals surface area contributed by atoms with E-state index in [-0.39, 0.29) is 0 Å². The molecular weight excluding hydrogens is 350 g/mol. The van der Waals surface area contributed by atoms with Gasteiger partial charge in [0.1, 0.15) is 0 Å². The first-order valence-corrected chi connectivity index (χ1v) is 9.19. The number of hydrogen-bond donors (Lipinski definition) is 2. The molecule has 0 aliphatic heterocycles. The summed E-state index contributed by atoms with van der Waals surface area (Å²) in [6.07, 6.45) is 1.84. The molecule has 0 aliphatic rings. The fraction of sp³-hybridized carbons (Fsp3) is 0.0435. The molecule has 0 aliphatic carbocycles. The van der Waals surface area contributed by atoms with Crippen LogP contribution in [0.2, 0.25) is 0 Å². The lowest BCUT2D eigenvalue weighted by Crippen LogP contribution is -2.23. The van der Waals surface area contributed by atoms with Crippen LogP contribution in [0.3, 0.4) is 0 Å². The molecule has 0 amide bonds. The van der Waals surface area contributed by atoms with Gasteiger partial charge in [-0.25, -0.2) is 0 Å². The van der Waals surface area contributed by atoms with E-state index in [0.29, 0.717) is 5.11 Å². The standard InChI is InChI=1S/C23H19N3S/c1-16-10-12-19(13-11-16)25-23(27)26-24-15-22-20-8-4-2-6-17(20)14-18-7-3-5-9-21(18)22/h2-15H,1H3,(H2,25,26,27). The number of aryl methyl sites for hydroxylation is 1. The molecule has 132 valence electrons. The Morgan fingerprint density at radius 1 is 0.852 bits per heavy atom. The zero-order valence-electron chi connectivity index (χ0n) is 14.9. The molecule has 0 spiro atoms. The molecule has 4 aromatic carbocycles. The van der Waals surface area contributed by atoms with Crippen molar-refractivity contribution in [2.24, 2.45) is 5.10 Å². The molecule has 4 rings (SSSR count). The molecule has 0 aromatic heterocycles. The van der Waals surface area contributed by atoms with Crippen LogP contribution in [0.25, 0.3) is 21.5 Å². The van der Waals surface area contributed by atoms with E-state index >= 15 is 0 Å². The van der Waals surface area contributed by atoms with Gasteiger partial charge in [-0.05, 0) is 58.9 Å². The maximum Gasteiger partial charge on any atom is 0.191 e. The lowest BCUT2D eigenvalue weighted by atomic mass is 9.97. The van der Waals surface area contributed by atoms with Crippen LogP contribution >= 0.6 is 12.2 Å². The van der Waals surface area contributed by atoms with Crippen LogP contribution in [0.1, 0.15) is 11.1 Å². The third-order valence-electron chi connectivity index (χ3n) is 4.48. The Kier molecular flexibility index (Phi) is 4.81. The van der Waals surface area contributed by atoms with Crippen molar-refractivity contribution in [3.8, 4) is 0 Å². The van der Waals surface area contributed by atoms with Crippen molar-refractivity contribution < 1.29 is 0 Å². The van der Waals surface area contributed by atoms with Gasteiger partial charge in [0.25, 0.3) is 0 Å². The highest BCUT2D eigenvalue weighted by Crippen LogP contribution is 2.27. The molecule has 0 unspecified atom stereocenters. The van der Waals surface area contributed by atoms with E-state index in [9.17, 15) is 0 Å². The lowest BCUT2D eigenvalue weighted by molar-refractivity contribution is 1.05. The predicted octanol–water partition coefficient (Wildman–Crippen LogP) is 5.62. The number of thiocarbonyl (C=S) groups is 1. The van der Waals surface area contributed by atoms with Gasteiger partial charge < -0.3 is 5.32 Å². The molecule has 0 fully saturated rings. The van der Waals surface area contributed by atoms with Crippen molar-refractivity contribution in [1.29, 1.82) is 0 Å². The van der Waals surface area contributed by atoms with Crippen LogP contribution in [-0.2, 0) is 0 Å². The number of nitrogens with one attached hydrogen (secondary N) is 2. The highest BCUT2D eigenvalue weighted by Gasteiger charge is 2.05. The third kappa shape index (κ3) is 3.81. The normalized spacial score (nSPS) is 11.1. The molecule has 0 bridgehead atoms. The quantitative estimate of drug-likeness (QED) is 0.213. The molecular formula is C23H19N3S. The van der Waals surface area contributed by atoms with Crippen molar-refractivity contribution in [1.82, 2.24) is 5.43 Å². The van der Waals surface area contributed by atoms with Gasteiger partial charge in [0.05, 0.1) is 6.21 Å². The Morgan fingerprint density at radius 3 is 2.07 bits per heavy atom. The van der Waals surface area contributed by atoms with Gasteiger partial charge in [-0.2, -0.15) is 5.10 Å². The van der Waals surface area contributed by atoms with Gasteiger partial charge in [0.2, 0.25) is 0 Å². The summed E-state index contributed by atoms with van der Waals surface area (Å²) < 4.78 is 0. The highest BCUT2D eigenvalue weighted by molar-refractivity contribution is 7.80. The Bertz CT molecular complexity index is 1090. The van der Waals surface area contributed by atoms with Gasteiger partial charge in [0.15, 0.2) is 5.11 Å². The number of anilines is 1. The number of hydrazone groups is 1. The van der Waals surface area contributed by atoms with E-state index in [1.54, 1.807) is 0 Å². The molecule has 0 heterocycles. The van der Waals surface area contributed by atoms with E-state index in [1.165, 1.54) is 27.1 Å². The average Bonchev–Trinajstić information content (AvgIpc) is 2.69. The molecule has 0 saturated carbocycles. The molecule has 0 radical (unpaired) electrons. The first-order chi connectivity index (χ1) is 13.2. The molecule has 4 aromatic rings. The Morgan fingerprint density at radius 2 is 1.44 bits per heavy atom. The van der Waals surface area contributed by atoms with Gasteiger partial charge in [-0.1, -0.05) is 66.2 Å². The maximum atomic E-state index is 5.34. The summed E-state index contributed by atoms with van der Waals surface area (Å²) in [5, 5.41) is 12.7. The number of benzene rings is 4. The minimum Gasteiger partial charge on any atom is -0.331 e. The Balaban J connectivity index is 1.60. The van der Waals surface area contributed by atoms with E-state index in [1.807, 2.05) is 42.6 Å². The summed E-state index contributed by atoms with van der Waals surface area (Å²) in [6, 6.07) is 26.9. The van der Waals surface area contributed by atoms with Crippen molar-refractivity contribution in [2.45, 2.75) is 6.92 Å².